The summed E-state index contributed by atoms with van der Waals surface area (Å²) in [5.41, 5.74) is 2.57. The van der Waals surface area contributed by atoms with Crippen LogP contribution in [0, 0.1) is 0 Å². The summed E-state index contributed by atoms with van der Waals surface area (Å²) in [7, 11) is 1.58. The summed E-state index contributed by atoms with van der Waals surface area (Å²) in [6.45, 7) is 7.08. The summed E-state index contributed by atoms with van der Waals surface area (Å²) >= 11 is 1.51. The van der Waals surface area contributed by atoms with Crippen molar-refractivity contribution in [1.82, 2.24) is 20.0 Å². The van der Waals surface area contributed by atoms with E-state index in [1.165, 1.54) is 11.3 Å². The maximum Gasteiger partial charge on any atom is 0.338 e. The maximum atomic E-state index is 13.1. The molecule has 1 aromatic carbocycles. The first-order valence-corrected chi connectivity index (χ1v) is 13.1. The van der Waals surface area contributed by atoms with Crippen LogP contribution in [-0.4, -0.2) is 85.6 Å². The van der Waals surface area contributed by atoms with E-state index in [2.05, 4.69) is 10.2 Å². The molecule has 10 heteroatoms. The zero-order chi connectivity index (χ0) is 25.7. The number of hydrogen-bond donors (Lipinski definition) is 1. The molecule has 0 aliphatic carbocycles. The Hall–Kier alpha value is -3.37. The molecule has 3 amide bonds. The van der Waals surface area contributed by atoms with Crippen molar-refractivity contribution in [3.05, 3.63) is 63.5 Å². The molecule has 1 atom stereocenters. The molecule has 4 rings (SSSR count). The lowest BCUT2D eigenvalue weighted by Gasteiger charge is -2.40. The molecule has 0 radical (unpaired) electrons. The molecule has 3 heterocycles. The van der Waals surface area contributed by atoms with E-state index in [0.29, 0.717) is 61.9 Å². The Balaban J connectivity index is 1.55. The van der Waals surface area contributed by atoms with Gasteiger partial charge in [0.2, 0.25) is 0 Å². The van der Waals surface area contributed by atoms with Crippen LogP contribution in [0.4, 0.5) is 4.79 Å². The highest BCUT2D eigenvalue weighted by molar-refractivity contribution is 7.08. The van der Waals surface area contributed by atoms with Crippen molar-refractivity contribution in [3.63, 3.8) is 0 Å². The number of hydrogen-bond acceptors (Lipinski definition) is 7. The van der Waals surface area contributed by atoms with E-state index in [1.807, 2.05) is 40.8 Å². The number of carbonyl (C=O) groups excluding carboxylic acids is 3. The van der Waals surface area contributed by atoms with Crippen molar-refractivity contribution >= 4 is 29.2 Å². The Kier molecular flexibility index (Phi) is 8.27. The largest absolute Gasteiger partial charge is 0.497 e. The SMILES string of the molecule is CCOC(=O)C1=C(CN2CCN(C(=O)c3cccc(OC)c3)CC2)N(CC)C(=O)NC1c1ccsc1. The first-order chi connectivity index (χ1) is 17.5. The predicted octanol–water partition coefficient (Wildman–Crippen LogP) is 3.12. The van der Waals surface area contributed by atoms with Crippen LogP contribution in [0.15, 0.2) is 52.4 Å². The third kappa shape index (κ3) is 5.39. The lowest BCUT2D eigenvalue weighted by atomic mass is 9.96. The molecule has 2 aliphatic rings. The van der Waals surface area contributed by atoms with Gasteiger partial charge in [-0.2, -0.15) is 11.3 Å². The number of likely N-dealkylation sites (N-methyl/N-ethyl adjacent to an activating group) is 1. The fourth-order valence-corrected chi connectivity index (χ4v) is 5.29. The Labute approximate surface area is 215 Å². The summed E-state index contributed by atoms with van der Waals surface area (Å²) in [6.07, 6.45) is 0. The number of piperazine rings is 1. The van der Waals surface area contributed by atoms with Crippen LogP contribution in [0.3, 0.4) is 0 Å². The Morgan fingerprint density at radius 3 is 2.56 bits per heavy atom. The van der Waals surface area contributed by atoms with E-state index in [0.717, 1.165) is 5.56 Å². The van der Waals surface area contributed by atoms with Crippen molar-refractivity contribution in [2.75, 3.05) is 53.0 Å². The van der Waals surface area contributed by atoms with Crippen molar-refractivity contribution in [2.45, 2.75) is 19.9 Å². The summed E-state index contributed by atoms with van der Waals surface area (Å²) in [5, 5.41) is 6.84. The Morgan fingerprint density at radius 1 is 1.14 bits per heavy atom. The third-order valence-corrected chi connectivity index (χ3v) is 7.18. The van der Waals surface area contributed by atoms with E-state index in [9.17, 15) is 14.4 Å². The van der Waals surface area contributed by atoms with Gasteiger partial charge in [0.1, 0.15) is 5.75 Å². The lowest BCUT2D eigenvalue weighted by molar-refractivity contribution is -0.139. The van der Waals surface area contributed by atoms with Gasteiger partial charge in [0.05, 0.1) is 25.3 Å². The molecular formula is C26H32N4O5S. The number of nitrogens with one attached hydrogen (secondary N) is 1. The zero-order valence-electron chi connectivity index (χ0n) is 20.9. The van der Waals surface area contributed by atoms with Crippen LogP contribution >= 0.6 is 11.3 Å². The molecule has 2 aromatic rings. The molecule has 1 fully saturated rings. The molecule has 36 heavy (non-hydrogen) atoms. The van der Waals surface area contributed by atoms with Crippen molar-refractivity contribution < 1.29 is 23.9 Å². The number of amides is 3. The molecule has 9 nitrogen and oxygen atoms in total. The molecule has 0 bridgehead atoms. The minimum absolute atomic E-state index is 0.0373. The van der Waals surface area contributed by atoms with Gasteiger partial charge < -0.3 is 19.7 Å². The molecule has 1 aromatic heterocycles. The number of benzene rings is 1. The first-order valence-electron chi connectivity index (χ1n) is 12.1. The molecule has 1 unspecified atom stereocenters. The number of nitrogens with zero attached hydrogens (tertiary/aromatic N) is 3. The van der Waals surface area contributed by atoms with Gasteiger partial charge in [-0.3, -0.25) is 14.6 Å². The van der Waals surface area contributed by atoms with E-state index >= 15 is 0 Å². The number of ether oxygens (including phenoxy) is 2. The number of esters is 1. The van der Waals surface area contributed by atoms with Crippen LogP contribution in [-0.2, 0) is 9.53 Å². The van der Waals surface area contributed by atoms with Crippen molar-refractivity contribution in [3.8, 4) is 5.75 Å². The molecule has 2 aliphatic heterocycles. The Morgan fingerprint density at radius 2 is 1.92 bits per heavy atom. The smallest absolute Gasteiger partial charge is 0.338 e. The fourth-order valence-electron chi connectivity index (χ4n) is 4.61. The fraction of sp³-hybridized carbons (Fsp3) is 0.423. The monoisotopic (exact) mass is 512 g/mol. The molecular weight excluding hydrogens is 480 g/mol. The average molecular weight is 513 g/mol. The molecule has 0 spiro atoms. The van der Waals surface area contributed by atoms with Crippen molar-refractivity contribution in [1.29, 1.82) is 0 Å². The predicted molar refractivity (Wildman–Crippen MR) is 137 cm³/mol. The average Bonchev–Trinajstić information content (AvgIpc) is 3.44. The van der Waals surface area contributed by atoms with Crippen LogP contribution in [0.1, 0.15) is 35.8 Å². The summed E-state index contributed by atoms with van der Waals surface area (Å²) < 4.78 is 10.7. The number of urea groups is 1. The van der Waals surface area contributed by atoms with Gasteiger partial charge in [0, 0.05) is 50.5 Å². The van der Waals surface area contributed by atoms with Crippen molar-refractivity contribution in [2.24, 2.45) is 0 Å². The summed E-state index contributed by atoms with van der Waals surface area (Å²) in [5.74, 6) is 0.187. The number of thiophene rings is 1. The zero-order valence-corrected chi connectivity index (χ0v) is 21.7. The van der Waals surface area contributed by atoms with Gasteiger partial charge in [0.25, 0.3) is 5.91 Å². The van der Waals surface area contributed by atoms with Gasteiger partial charge in [-0.1, -0.05) is 6.07 Å². The molecule has 1 saturated heterocycles. The third-order valence-electron chi connectivity index (χ3n) is 6.48. The second-order valence-electron chi connectivity index (χ2n) is 8.56. The topological polar surface area (TPSA) is 91.4 Å². The highest BCUT2D eigenvalue weighted by Crippen LogP contribution is 2.33. The maximum absolute atomic E-state index is 13.1. The highest BCUT2D eigenvalue weighted by Gasteiger charge is 2.38. The van der Waals surface area contributed by atoms with E-state index in [1.54, 1.807) is 31.1 Å². The standard InChI is InChI=1S/C26H32N4O5S/c1-4-30-21(22(25(32)35-5-2)23(27-26(30)33)19-9-14-36-17-19)16-28-10-12-29(13-11-28)24(31)18-7-6-8-20(15-18)34-3/h6-9,14-15,17,23H,4-5,10-13,16H2,1-3H3,(H,27,33). The van der Waals surface area contributed by atoms with Gasteiger partial charge in [0.15, 0.2) is 0 Å². The van der Waals surface area contributed by atoms with Crippen LogP contribution in [0.25, 0.3) is 0 Å². The van der Waals surface area contributed by atoms with Gasteiger partial charge in [-0.05, 0) is 54.4 Å². The normalized spacial score (nSPS) is 18.8. The minimum atomic E-state index is -0.559. The van der Waals surface area contributed by atoms with Gasteiger partial charge in [-0.25, -0.2) is 9.59 Å². The quantitative estimate of drug-likeness (QED) is 0.547. The number of methoxy groups -OCH3 is 1. The van der Waals surface area contributed by atoms with Crippen LogP contribution < -0.4 is 10.1 Å². The molecule has 0 saturated carbocycles. The van der Waals surface area contributed by atoms with Gasteiger partial charge in [-0.15, -0.1) is 0 Å². The first kappa shape index (κ1) is 25.7. The highest BCUT2D eigenvalue weighted by atomic mass is 32.1. The number of carbonyl (C=O) groups is 3. The van der Waals surface area contributed by atoms with E-state index < -0.39 is 12.0 Å². The van der Waals surface area contributed by atoms with E-state index in [-0.39, 0.29) is 18.5 Å². The van der Waals surface area contributed by atoms with Crippen LogP contribution in [0.5, 0.6) is 5.75 Å². The second-order valence-corrected chi connectivity index (χ2v) is 9.34. The molecule has 1 N–H and O–H groups in total. The van der Waals surface area contributed by atoms with E-state index in [4.69, 9.17) is 9.47 Å². The van der Waals surface area contributed by atoms with Gasteiger partial charge >= 0.3 is 12.0 Å². The second kappa shape index (κ2) is 11.6. The minimum Gasteiger partial charge on any atom is -0.497 e. The van der Waals surface area contributed by atoms with Crippen LogP contribution in [0.2, 0.25) is 0 Å². The number of rotatable bonds is 8. The molecule has 192 valence electrons. The summed E-state index contributed by atoms with van der Waals surface area (Å²) in [4.78, 5) is 44.8. The summed E-state index contributed by atoms with van der Waals surface area (Å²) in [6, 6.07) is 8.28. The Bertz CT molecular complexity index is 1130. The lowest BCUT2D eigenvalue weighted by Crippen LogP contribution is -2.53.